The first-order chi connectivity index (χ1) is 9.00. The quantitative estimate of drug-likeness (QED) is 0.817. The number of rotatable bonds is 2. The zero-order chi connectivity index (χ0) is 13.9. The molecular formula is C14H23NO3S. The summed E-state index contributed by atoms with van der Waals surface area (Å²) in [6.45, 7) is 0. The number of aliphatic hydroxyl groups excluding tert-OH is 1. The van der Waals surface area contributed by atoms with Crippen molar-refractivity contribution in [1.82, 2.24) is 0 Å². The average Bonchev–Trinajstić information content (AvgIpc) is 2.67. The predicted molar refractivity (Wildman–Crippen MR) is 75.8 cm³/mol. The number of hydrogen-bond donors (Lipinski definition) is 2. The Labute approximate surface area is 115 Å². The Morgan fingerprint density at radius 2 is 1.84 bits per heavy atom. The average molecular weight is 285 g/mol. The third-order valence-electron chi connectivity index (χ3n) is 3.99. The van der Waals surface area contributed by atoms with E-state index >= 15 is 0 Å². The van der Waals surface area contributed by atoms with E-state index in [2.05, 4.69) is 6.08 Å². The van der Waals surface area contributed by atoms with Crippen LogP contribution < -0.4 is 5.14 Å². The first-order valence-corrected chi connectivity index (χ1v) is 8.68. The highest BCUT2D eigenvalue weighted by atomic mass is 32.2. The second kappa shape index (κ2) is 6.20. The summed E-state index contributed by atoms with van der Waals surface area (Å²) < 4.78 is 23.6. The van der Waals surface area contributed by atoms with Gasteiger partial charge in [-0.15, -0.1) is 0 Å². The molecule has 0 amide bonds. The molecule has 0 aromatic rings. The van der Waals surface area contributed by atoms with E-state index in [1.165, 1.54) is 6.42 Å². The van der Waals surface area contributed by atoms with Crippen LogP contribution >= 0.6 is 0 Å². The summed E-state index contributed by atoms with van der Waals surface area (Å²) in [6, 6.07) is 0. The smallest absolute Gasteiger partial charge is 0.237 e. The van der Waals surface area contributed by atoms with Crippen molar-refractivity contribution in [1.29, 1.82) is 0 Å². The van der Waals surface area contributed by atoms with Crippen molar-refractivity contribution in [3.05, 3.63) is 22.1 Å². The summed E-state index contributed by atoms with van der Waals surface area (Å²) in [4.78, 5) is 0.0816. The molecule has 1 atom stereocenters. The van der Waals surface area contributed by atoms with Crippen LogP contribution in [-0.4, -0.2) is 19.6 Å². The highest BCUT2D eigenvalue weighted by molar-refractivity contribution is 7.93. The number of aliphatic hydroxyl groups is 1. The molecule has 0 heterocycles. The summed E-state index contributed by atoms with van der Waals surface area (Å²) in [5.41, 5.74) is 1.90. The lowest BCUT2D eigenvalue weighted by Crippen LogP contribution is -2.25. The van der Waals surface area contributed by atoms with E-state index in [9.17, 15) is 13.5 Å². The molecule has 3 N–H and O–H groups in total. The van der Waals surface area contributed by atoms with Gasteiger partial charge in [0.15, 0.2) is 0 Å². The number of allylic oxidation sites excluding steroid dienone is 3. The van der Waals surface area contributed by atoms with E-state index in [4.69, 9.17) is 5.14 Å². The van der Waals surface area contributed by atoms with Gasteiger partial charge in [-0.1, -0.05) is 18.9 Å². The van der Waals surface area contributed by atoms with Crippen molar-refractivity contribution in [2.75, 3.05) is 0 Å². The van der Waals surface area contributed by atoms with Gasteiger partial charge in [0, 0.05) is 0 Å². The Morgan fingerprint density at radius 1 is 1.11 bits per heavy atom. The van der Waals surface area contributed by atoms with Crippen molar-refractivity contribution in [2.45, 2.75) is 63.9 Å². The number of sulfonamides is 1. The van der Waals surface area contributed by atoms with Gasteiger partial charge >= 0.3 is 0 Å². The largest absolute Gasteiger partial charge is 0.388 e. The van der Waals surface area contributed by atoms with Gasteiger partial charge in [-0.05, 0) is 56.1 Å². The maximum absolute atomic E-state index is 11.8. The van der Waals surface area contributed by atoms with Crippen LogP contribution in [0.1, 0.15) is 57.8 Å². The number of hydrogen-bond acceptors (Lipinski definition) is 3. The summed E-state index contributed by atoms with van der Waals surface area (Å²) in [5.74, 6) is 0. The van der Waals surface area contributed by atoms with Crippen LogP contribution in [0.15, 0.2) is 22.1 Å². The number of primary sulfonamides is 1. The summed E-state index contributed by atoms with van der Waals surface area (Å²) in [6.07, 6.45) is 9.50. The molecule has 5 heteroatoms. The molecule has 108 valence electrons. The minimum atomic E-state index is -3.82. The maximum atomic E-state index is 11.8. The third-order valence-corrected chi connectivity index (χ3v) is 5.12. The van der Waals surface area contributed by atoms with Crippen LogP contribution in [0.25, 0.3) is 0 Å². The van der Waals surface area contributed by atoms with E-state index in [1.54, 1.807) is 0 Å². The fourth-order valence-corrected chi connectivity index (χ4v) is 4.14. The topological polar surface area (TPSA) is 80.4 Å². The molecule has 0 fully saturated rings. The second-order valence-corrected chi connectivity index (χ2v) is 7.01. The summed E-state index contributed by atoms with van der Waals surface area (Å²) in [5, 5.41) is 15.4. The Balaban J connectivity index is 2.47. The monoisotopic (exact) mass is 285 g/mol. The number of nitrogens with two attached hydrogens (primary N) is 1. The predicted octanol–water partition coefficient (Wildman–Crippen LogP) is 2.35. The molecule has 2 aliphatic carbocycles. The van der Waals surface area contributed by atoms with E-state index in [0.717, 1.165) is 49.7 Å². The molecule has 4 nitrogen and oxygen atoms in total. The van der Waals surface area contributed by atoms with Gasteiger partial charge in [-0.2, -0.15) is 0 Å². The Bertz CT molecular complexity index is 491. The van der Waals surface area contributed by atoms with Crippen molar-refractivity contribution in [3.63, 3.8) is 0 Å². The lowest BCUT2D eigenvalue weighted by molar-refractivity contribution is 0.206. The van der Waals surface area contributed by atoms with Crippen LogP contribution in [0.2, 0.25) is 0 Å². The van der Waals surface area contributed by atoms with E-state index in [1.807, 2.05) is 0 Å². The van der Waals surface area contributed by atoms with E-state index in [0.29, 0.717) is 12.8 Å². The van der Waals surface area contributed by atoms with Gasteiger partial charge in [-0.25, -0.2) is 13.6 Å². The normalized spacial score (nSPS) is 26.6. The molecule has 0 saturated heterocycles. The molecule has 2 aliphatic rings. The van der Waals surface area contributed by atoms with Crippen molar-refractivity contribution < 1.29 is 13.5 Å². The summed E-state index contributed by atoms with van der Waals surface area (Å²) in [7, 11) is -3.82. The third kappa shape index (κ3) is 3.68. The minimum Gasteiger partial charge on any atom is -0.388 e. The van der Waals surface area contributed by atoms with Gasteiger partial charge in [0.1, 0.15) is 0 Å². The fraction of sp³-hybridized carbons (Fsp3) is 0.714. The van der Waals surface area contributed by atoms with Gasteiger partial charge in [0.2, 0.25) is 10.0 Å². The van der Waals surface area contributed by atoms with Crippen molar-refractivity contribution >= 4 is 10.0 Å². The highest BCUT2D eigenvalue weighted by Crippen LogP contribution is 2.34. The molecule has 0 aromatic carbocycles. The SMILES string of the molecule is NS(=O)(=O)C1=C(C2=CCCCCC2)CCCCC1O. The Hall–Kier alpha value is -0.650. The molecular weight excluding hydrogens is 262 g/mol. The Morgan fingerprint density at radius 3 is 2.58 bits per heavy atom. The first kappa shape index (κ1) is 14.8. The molecule has 0 radical (unpaired) electrons. The zero-order valence-corrected chi connectivity index (χ0v) is 12.1. The van der Waals surface area contributed by atoms with Crippen LogP contribution in [-0.2, 0) is 10.0 Å². The van der Waals surface area contributed by atoms with Crippen LogP contribution in [0.3, 0.4) is 0 Å². The fourth-order valence-electron chi connectivity index (χ4n) is 3.06. The van der Waals surface area contributed by atoms with Crippen LogP contribution in [0.4, 0.5) is 0 Å². The van der Waals surface area contributed by atoms with Gasteiger partial charge < -0.3 is 5.11 Å². The first-order valence-electron chi connectivity index (χ1n) is 7.13. The molecule has 0 aromatic heterocycles. The van der Waals surface area contributed by atoms with Crippen molar-refractivity contribution in [2.24, 2.45) is 5.14 Å². The molecule has 2 rings (SSSR count). The minimum absolute atomic E-state index is 0.0816. The lowest BCUT2D eigenvalue weighted by atomic mass is 9.97. The highest BCUT2D eigenvalue weighted by Gasteiger charge is 2.29. The molecule has 0 saturated carbocycles. The maximum Gasteiger partial charge on any atom is 0.237 e. The lowest BCUT2D eigenvalue weighted by Gasteiger charge is -2.17. The molecule has 0 bridgehead atoms. The Kier molecular flexibility index (Phi) is 4.81. The molecule has 0 aliphatic heterocycles. The van der Waals surface area contributed by atoms with Crippen molar-refractivity contribution in [3.8, 4) is 0 Å². The summed E-state index contributed by atoms with van der Waals surface area (Å²) >= 11 is 0. The van der Waals surface area contributed by atoms with E-state index < -0.39 is 16.1 Å². The van der Waals surface area contributed by atoms with Gasteiger partial charge in [0.25, 0.3) is 0 Å². The molecule has 1 unspecified atom stereocenters. The standard InChI is InChI=1S/C14H23NO3S/c15-19(17,18)14-12(9-5-6-10-13(14)16)11-7-3-1-2-4-8-11/h7,13,16H,1-6,8-10H2,(H2,15,17,18). The van der Waals surface area contributed by atoms with E-state index in [-0.39, 0.29) is 4.91 Å². The zero-order valence-electron chi connectivity index (χ0n) is 11.3. The van der Waals surface area contributed by atoms with Crippen LogP contribution in [0.5, 0.6) is 0 Å². The second-order valence-electron chi connectivity index (χ2n) is 5.48. The van der Waals surface area contributed by atoms with Gasteiger partial charge in [0.05, 0.1) is 11.0 Å². The van der Waals surface area contributed by atoms with Gasteiger partial charge in [-0.3, -0.25) is 0 Å². The van der Waals surface area contributed by atoms with Crippen LogP contribution in [0, 0.1) is 0 Å². The molecule has 19 heavy (non-hydrogen) atoms. The molecule has 0 spiro atoms.